The third-order valence-corrected chi connectivity index (χ3v) is 5.01. The molecule has 4 rings (SSSR count). The summed E-state index contributed by atoms with van der Waals surface area (Å²) in [6.45, 7) is 4.69. The maximum Gasteiger partial charge on any atom is 0.174 e. The van der Waals surface area contributed by atoms with Gasteiger partial charge in [0.1, 0.15) is 11.8 Å². The molecule has 138 valence electrons. The summed E-state index contributed by atoms with van der Waals surface area (Å²) in [6.07, 6.45) is 1.82. The molecule has 5 nitrogen and oxygen atoms in total. The van der Waals surface area contributed by atoms with Crippen molar-refractivity contribution in [2.45, 2.75) is 25.9 Å². The Bertz CT molecular complexity index is 923. The fourth-order valence-electron chi connectivity index (χ4n) is 3.52. The van der Waals surface area contributed by atoms with Gasteiger partial charge < -0.3 is 19.9 Å². The molecule has 3 aromatic rings. The van der Waals surface area contributed by atoms with E-state index < -0.39 is 0 Å². The van der Waals surface area contributed by atoms with Gasteiger partial charge in [-0.15, -0.1) is 0 Å². The van der Waals surface area contributed by atoms with Crippen LogP contribution in [0.15, 0.2) is 60.8 Å². The van der Waals surface area contributed by atoms with Gasteiger partial charge in [-0.1, -0.05) is 6.07 Å². The molecule has 0 unspecified atom stereocenters. The van der Waals surface area contributed by atoms with Gasteiger partial charge in [-0.2, -0.15) is 0 Å². The molecular weight excluding hydrogens is 356 g/mol. The summed E-state index contributed by atoms with van der Waals surface area (Å²) in [7, 11) is 0. The predicted molar refractivity (Wildman–Crippen MR) is 111 cm³/mol. The van der Waals surface area contributed by atoms with Gasteiger partial charge in [0.25, 0.3) is 0 Å². The number of nitrogens with one attached hydrogen (secondary N) is 2. The van der Waals surface area contributed by atoms with E-state index in [1.54, 1.807) is 0 Å². The summed E-state index contributed by atoms with van der Waals surface area (Å²) >= 11 is 5.71. The molecule has 6 heteroatoms. The van der Waals surface area contributed by atoms with Gasteiger partial charge >= 0.3 is 0 Å². The quantitative estimate of drug-likeness (QED) is 0.649. The fourth-order valence-corrected chi connectivity index (χ4v) is 3.86. The Kier molecular flexibility index (Phi) is 4.81. The number of pyridine rings is 1. The van der Waals surface area contributed by atoms with Gasteiger partial charge in [0.2, 0.25) is 0 Å². The van der Waals surface area contributed by atoms with E-state index in [4.69, 9.17) is 17.0 Å². The topological polar surface area (TPSA) is 53.2 Å². The number of aromatic amines is 1. The van der Waals surface area contributed by atoms with Crippen molar-refractivity contribution in [3.05, 3.63) is 77.9 Å². The Morgan fingerprint density at radius 3 is 2.56 bits per heavy atom. The third-order valence-electron chi connectivity index (χ3n) is 4.70. The van der Waals surface area contributed by atoms with Crippen LogP contribution in [-0.2, 0) is 0 Å². The molecule has 2 N–H and O–H groups in total. The summed E-state index contributed by atoms with van der Waals surface area (Å²) in [4.78, 5) is 10.2. The molecule has 0 amide bonds. The van der Waals surface area contributed by atoms with E-state index >= 15 is 0 Å². The second kappa shape index (κ2) is 7.40. The summed E-state index contributed by atoms with van der Waals surface area (Å²) in [5.74, 6) is 0.855. The highest BCUT2D eigenvalue weighted by molar-refractivity contribution is 7.80. The maximum atomic E-state index is 5.71. The lowest BCUT2D eigenvalue weighted by atomic mass is 10.0. The first kappa shape index (κ1) is 17.5. The van der Waals surface area contributed by atoms with Gasteiger partial charge in [0, 0.05) is 23.3 Å². The van der Waals surface area contributed by atoms with Crippen LogP contribution >= 0.6 is 12.2 Å². The fraction of sp³-hybridized carbons (Fsp3) is 0.238. The van der Waals surface area contributed by atoms with E-state index in [1.807, 2.05) is 55.6 Å². The molecule has 1 saturated heterocycles. The first-order valence-corrected chi connectivity index (χ1v) is 9.47. The molecule has 0 saturated carbocycles. The van der Waals surface area contributed by atoms with Crippen molar-refractivity contribution in [2.24, 2.45) is 0 Å². The number of benzene rings is 1. The number of nitrogens with zero attached hydrogens (tertiary/aromatic N) is 2. The Morgan fingerprint density at radius 1 is 1.11 bits per heavy atom. The standard InChI is InChI=1S/C21H22N4OS/c1-3-26-16-10-8-15(9-11-16)25-20(18-12-7-14(2)23-18)19(24-21(25)27)17-6-4-5-13-22-17/h4-13,19-20,23H,3H2,1-2H3,(H,24,27)/t19-,20+/m0/s1. The molecule has 1 fully saturated rings. The third kappa shape index (κ3) is 3.40. The van der Waals surface area contributed by atoms with Gasteiger partial charge in [0.05, 0.1) is 18.3 Å². The average molecular weight is 379 g/mol. The molecular formula is C21H22N4OS. The molecule has 1 aliphatic rings. The van der Waals surface area contributed by atoms with Crippen LogP contribution in [0, 0.1) is 6.92 Å². The van der Waals surface area contributed by atoms with Crippen LogP contribution in [0.1, 0.15) is 36.1 Å². The molecule has 3 heterocycles. The number of aryl methyl sites for hydroxylation is 1. The second-order valence-electron chi connectivity index (χ2n) is 6.52. The monoisotopic (exact) mass is 378 g/mol. The lowest BCUT2D eigenvalue weighted by molar-refractivity contribution is 0.340. The number of ether oxygens (including phenoxy) is 1. The number of anilines is 1. The van der Waals surface area contributed by atoms with Crippen LogP contribution in [-0.4, -0.2) is 21.7 Å². The van der Waals surface area contributed by atoms with Crippen molar-refractivity contribution < 1.29 is 4.74 Å². The van der Waals surface area contributed by atoms with Crippen molar-refractivity contribution in [1.29, 1.82) is 0 Å². The molecule has 0 aliphatic carbocycles. The summed E-state index contributed by atoms with van der Waals surface area (Å²) in [6, 6.07) is 18.2. The van der Waals surface area contributed by atoms with E-state index in [9.17, 15) is 0 Å². The van der Waals surface area contributed by atoms with E-state index in [-0.39, 0.29) is 12.1 Å². The number of hydrogen-bond acceptors (Lipinski definition) is 3. The highest BCUT2D eigenvalue weighted by atomic mass is 32.1. The van der Waals surface area contributed by atoms with Crippen LogP contribution in [0.2, 0.25) is 0 Å². The minimum absolute atomic E-state index is 0.0148. The van der Waals surface area contributed by atoms with Crippen LogP contribution in [0.3, 0.4) is 0 Å². The minimum Gasteiger partial charge on any atom is -0.494 e. The van der Waals surface area contributed by atoms with E-state index in [0.717, 1.165) is 28.5 Å². The van der Waals surface area contributed by atoms with Crippen molar-refractivity contribution in [3.8, 4) is 5.75 Å². The second-order valence-corrected chi connectivity index (χ2v) is 6.91. The van der Waals surface area contributed by atoms with E-state index in [1.165, 1.54) is 0 Å². The Labute approximate surface area is 164 Å². The van der Waals surface area contributed by atoms with Crippen molar-refractivity contribution in [3.63, 3.8) is 0 Å². The van der Waals surface area contributed by atoms with Crippen LogP contribution in [0.5, 0.6) is 5.75 Å². The summed E-state index contributed by atoms with van der Waals surface area (Å²) in [5.41, 5.74) is 4.20. The Hall–Kier alpha value is -2.86. The molecule has 2 aromatic heterocycles. The average Bonchev–Trinajstić information content (AvgIpc) is 3.26. The van der Waals surface area contributed by atoms with Gasteiger partial charge in [-0.3, -0.25) is 4.98 Å². The molecule has 1 aromatic carbocycles. The number of thiocarbonyl (C=S) groups is 1. The zero-order valence-corrected chi connectivity index (χ0v) is 16.2. The molecule has 0 radical (unpaired) electrons. The minimum atomic E-state index is -0.0386. The summed E-state index contributed by atoms with van der Waals surface area (Å²) < 4.78 is 5.57. The van der Waals surface area contributed by atoms with E-state index in [0.29, 0.717) is 11.7 Å². The molecule has 1 aliphatic heterocycles. The highest BCUT2D eigenvalue weighted by Crippen LogP contribution is 2.41. The van der Waals surface area contributed by atoms with Crippen molar-refractivity contribution in [2.75, 3.05) is 11.5 Å². The normalized spacial score (nSPS) is 19.2. The first-order chi connectivity index (χ1) is 13.2. The smallest absolute Gasteiger partial charge is 0.174 e. The van der Waals surface area contributed by atoms with Crippen molar-refractivity contribution in [1.82, 2.24) is 15.3 Å². The summed E-state index contributed by atoms with van der Waals surface area (Å²) in [5, 5.41) is 4.15. The van der Waals surface area contributed by atoms with E-state index in [2.05, 4.69) is 39.2 Å². The van der Waals surface area contributed by atoms with Gasteiger partial charge in [-0.25, -0.2) is 0 Å². The lowest BCUT2D eigenvalue weighted by Crippen LogP contribution is -2.29. The molecule has 0 bridgehead atoms. The van der Waals surface area contributed by atoms with Crippen LogP contribution in [0.4, 0.5) is 5.69 Å². The Morgan fingerprint density at radius 2 is 1.93 bits per heavy atom. The van der Waals surface area contributed by atoms with Gasteiger partial charge in [0.15, 0.2) is 5.11 Å². The number of rotatable bonds is 5. The molecule has 0 spiro atoms. The van der Waals surface area contributed by atoms with Crippen LogP contribution < -0.4 is 15.0 Å². The van der Waals surface area contributed by atoms with Crippen molar-refractivity contribution >= 4 is 23.0 Å². The van der Waals surface area contributed by atoms with Crippen LogP contribution in [0.25, 0.3) is 0 Å². The number of aromatic nitrogens is 2. The van der Waals surface area contributed by atoms with Gasteiger partial charge in [-0.05, 0) is 74.6 Å². The lowest BCUT2D eigenvalue weighted by Gasteiger charge is -2.27. The molecule has 2 atom stereocenters. The highest BCUT2D eigenvalue weighted by Gasteiger charge is 2.41. The number of H-pyrrole nitrogens is 1. The number of hydrogen-bond donors (Lipinski definition) is 2. The first-order valence-electron chi connectivity index (χ1n) is 9.06. The zero-order chi connectivity index (χ0) is 18.8. The zero-order valence-electron chi connectivity index (χ0n) is 15.3. The maximum absolute atomic E-state index is 5.71. The predicted octanol–water partition coefficient (Wildman–Crippen LogP) is 4.29. The SMILES string of the molecule is CCOc1ccc(N2C(=S)N[C@@H](c3ccccn3)[C@H]2c2ccc(C)[nH]2)cc1. The largest absolute Gasteiger partial charge is 0.494 e. The molecule has 27 heavy (non-hydrogen) atoms. The Balaban J connectivity index is 1.75.